The zero-order valence-electron chi connectivity index (χ0n) is 14.9. The first-order chi connectivity index (χ1) is 13.3. The Morgan fingerprint density at radius 2 is 2.07 bits per heavy atom. The van der Waals surface area contributed by atoms with Gasteiger partial charge in [0.2, 0.25) is 5.82 Å². The smallest absolute Gasteiger partial charge is 0.416 e. The summed E-state index contributed by atoms with van der Waals surface area (Å²) >= 11 is 0. The van der Waals surface area contributed by atoms with Crippen LogP contribution < -0.4 is 0 Å². The first kappa shape index (κ1) is 19.4. The van der Waals surface area contributed by atoms with Crippen LogP contribution in [0.1, 0.15) is 34.4 Å². The molecule has 0 radical (unpaired) electrons. The van der Waals surface area contributed by atoms with Crippen molar-refractivity contribution in [3.8, 4) is 11.4 Å². The van der Waals surface area contributed by atoms with Crippen LogP contribution in [0.15, 0.2) is 30.5 Å². The van der Waals surface area contributed by atoms with E-state index in [1.54, 1.807) is 13.8 Å². The van der Waals surface area contributed by atoms with Crippen LogP contribution in [0.3, 0.4) is 0 Å². The number of alkyl halides is 3. The molecule has 0 atom stereocenters. The number of carbonyl (C=O) groups excluding carboxylic acids is 1. The molecule has 0 fully saturated rings. The van der Waals surface area contributed by atoms with Crippen LogP contribution in [0, 0.1) is 6.92 Å². The van der Waals surface area contributed by atoms with E-state index in [1.807, 2.05) is 0 Å². The van der Waals surface area contributed by atoms with E-state index in [0.717, 1.165) is 16.9 Å². The Labute approximate surface area is 157 Å². The summed E-state index contributed by atoms with van der Waals surface area (Å²) in [5, 5.41) is 11.7. The summed E-state index contributed by atoms with van der Waals surface area (Å²) in [5.74, 6) is -0.133. The highest BCUT2D eigenvalue weighted by Crippen LogP contribution is 2.31. The Morgan fingerprint density at radius 3 is 2.79 bits per heavy atom. The molecule has 0 unspecified atom stereocenters. The lowest BCUT2D eigenvalue weighted by atomic mass is 10.1. The number of aromatic nitrogens is 6. The summed E-state index contributed by atoms with van der Waals surface area (Å²) in [7, 11) is 0. The minimum atomic E-state index is -4.47. The number of ether oxygens (including phenoxy) is 1. The number of aryl methyl sites for hydroxylation is 1. The number of rotatable bonds is 5. The fourth-order valence-electron chi connectivity index (χ4n) is 2.41. The van der Waals surface area contributed by atoms with Gasteiger partial charge in [0.05, 0.1) is 17.9 Å². The third-order valence-electron chi connectivity index (χ3n) is 3.68. The summed E-state index contributed by atoms with van der Waals surface area (Å²) in [6.45, 7) is 3.49. The molecule has 11 heteroatoms. The standard InChI is InChI=1S/C17H15F3N6O2/c1-3-28-16(27)13-8-21-10(2)22-14(13)9-26-24-15(23-25-26)11-5-4-6-12(7-11)17(18,19)20/h4-8H,3,9H2,1-2H3. The zero-order chi connectivity index (χ0) is 20.3. The average Bonchev–Trinajstić information content (AvgIpc) is 3.10. The number of benzene rings is 1. The number of tetrazole rings is 1. The lowest BCUT2D eigenvalue weighted by molar-refractivity contribution is -0.137. The van der Waals surface area contributed by atoms with Crippen molar-refractivity contribution in [3.05, 3.63) is 53.1 Å². The number of hydrogen-bond acceptors (Lipinski definition) is 7. The molecule has 0 aliphatic rings. The second kappa shape index (κ2) is 7.71. The van der Waals surface area contributed by atoms with Crippen molar-refractivity contribution < 1.29 is 22.7 Å². The predicted molar refractivity (Wildman–Crippen MR) is 90.1 cm³/mol. The van der Waals surface area contributed by atoms with Crippen LogP contribution in [0.5, 0.6) is 0 Å². The number of nitrogens with zero attached hydrogens (tertiary/aromatic N) is 6. The van der Waals surface area contributed by atoms with E-state index in [9.17, 15) is 18.0 Å². The third kappa shape index (κ3) is 4.30. The minimum Gasteiger partial charge on any atom is -0.462 e. The van der Waals surface area contributed by atoms with Crippen molar-refractivity contribution in [1.29, 1.82) is 0 Å². The second-order valence-corrected chi connectivity index (χ2v) is 5.72. The summed E-state index contributed by atoms with van der Waals surface area (Å²) in [4.78, 5) is 21.4. The molecule has 0 bridgehead atoms. The van der Waals surface area contributed by atoms with Crippen molar-refractivity contribution in [2.24, 2.45) is 0 Å². The van der Waals surface area contributed by atoms with Crippen LogP contribution in [0.25, 0.3) is 11.4 Å². The highest BCUT2D eigenvalue weighted by atomic mass is 19.4. The second-order valence-electron chi connectivity index (χ2n) is 5.72. The van der Waals surface area contributed by atoms with Gasteiger partial charge in [-0.3, -0.25) is 0 Å². The van der Waals surface area contributed by atoms with Gasteiger partial charge in [0.25, 0.3) is 0 Å². The van der Waals surface area contributed by atoms with E-state index in [1.165, 1.54) is 18.3 Å². The lowest BCUT2D eigenvalue weighted by Crippen LogP contribution is -2.15. The van der Waals surface area contributed by atoms with E-state index in [4.69, 9.17) is 4.74 Å². The quantitative estimate of drug-likeness (QED) is 0.616. The van der Waals surface area contributed by atoms with Gasteiger partial charge in [-0.2, -0.15) is 18.0 Å². The fourth-order valence-corrected chi connectivity index (χ4v) is 2.41. The molecule has 0 aliphatic carbocycles. The Morgan fingerprint density at radius 1 is 1.29 bits per heavy atom. The van der Waals surface area contributed by atoms with Crippen LogP contribution >= 0.6 is 0 Å². The van der Waals surface area contributed by atoms with Gasteiger partial charge in [-0.05, 0) is 31.2 Å². The zero-order valence-corrected chi connectivity index (χ0v) is 14.9. The van der Waals surface area contributed by atoms with Gasteiger partial charge in [0.1, 0.15) is 17.9 Å². The molecule has 8 nitrogen and oxygen atoms in total. The van der Waals surface area contributed by atoms with Crippen molar-refractivity contribution >= 4 is 5.97 Å². The van der Waals surface area contributed by atoms with Crippen molar-refractivity contribution in [2.45, 2.75) is 26.6 Å². The molecule has 0 spiro atoms. The molecule has 2 aromatic heterocycles. The topological polar surface area (TPSA) is 95.7 Å². The molecule has 3 rings (SSSR count). The normalized spacial score (nSPS) is 11.5. The van der Waals surface area contributed by atoms with Gasteiger partial charge in [0, 0.05) is 11.8 Å². The fraction of sp³-hybridized carbons (Fsp3) is 0.294. The Balaban J connectivity index is 1.88. The van der Waals surface area contributed by atoms with Crippen LogP contribution in [0.2, 0.25) is 0 Å². The summed E-state index contributed by atoms with van der Waals surface area (Å²) in [5.41, 5.74) is -0.160. The Kier molecular flexibility index (Phi) is 5.34. The molecule has 0 saturated heterocycles. The molecular formula is C17H15F3N6O2. The van der Waals surface area contributed by atoms with E-state index in [2.05, 4.69) is 25.4 Å². The van der Waals surface area contributed by atoms with Crippen LogP contribution in [-0.4, -0.2) is 42.8 Å². The van der Waals surface area contributed by atoms with Crippen LogP contribution in [-0.2, 0) is 17.5 Å². The molecule has 0 saturated carbocycles. The molecule has 0 N–H and O–H groups in total. The van der Waals surface area contributed by atoms with Gasteiger partial charge in [-0.1, -0.05) is 12.1 Å². The molecule has 28 heavy (non-hydrogen) atoms. The molecule has 0 amide bonds. The minimum absolute atomic E-state index is 0.0227. The third-order valence-corrected chi connectivity index (χ3v) is 3.68. The summed E-state index contributed by atoms with van der Waals surface area (Å²) in [6.07, 6.45) is -3.13. The first-order valence-corrected chi connectivity index (χ1v) is 8.23. The molecule has 146 valence electrons. The maximum Gasteiger partial charge on any atom is 0.416 e. The summed E-state index contributed by atoms with van der Waals surface area (Å²) in [6, 6.07) is 4.63. The largest absolute Gasteiger partial charge is 0.462 e. The van der Waals surface area contributed by atoms with Gasteiger partial charge in [-0.15, -0.1) is 10.2 Å². The van der Waals surface area contributed by atoms with Gasteiger partial charge < -0.3 is 4.74 Å². The van der Waals surface area contributed by atoms with E-state index in [0.29, 0.717) is 11.5 Å². The van der Waals surface area contributed by atoms with Gasteiger partial charge in [0.15, 0.2) is 0 Å². The maximum absolute atomic E-state index is 12.9. The van der Waals surface area contributed by atoms with Crippen molar-refractivity contribution in [3.63, 3.8) is 0 Å². The number of esters is 1. The van der Waals surface area contributed by atoms with E-state index >= 15 is 0 Å². The number of carbonyl (C=O) groups is 1. The average molecular weight is 392 g/mol. The predicted octanol–water partition coefficient (Wildman–Crippen LogP) is 2.68. The number of halogens is 3. The molecule has 0 aliphatic heterocycles. The van der Waals surface area contributed by atoms with Crippen LogP contribution in [0.4, 0.5) is 13.2 Å². The molecular weight excluding hydrogens is 377 g/mol. The Hall–Kier alpha value is -3.37. The highest BCUT2D eigenvalue weighted by Gasteiger charge is 2.30. The SMILES string of the molecule is CCOC(=O)c1cnc(C)nc1Cn1nnc(-c2cccc(C(F)(F)F)c2)n1. The molecule has 3 aromatic rings. The monoisotopic (exact) mass is 392 g/mol. The van der Waals surface area contributed by atoms with E-state index < -0.39 is 17.7 Å². The van der Waals surface area contributed by atoms with Gasteiger partial charge in [-0.25, -0.2) is 14.8 Å². The maximum atomic E-state index is 12.9. The Bertz CT molecular complexity index is 1000. The summed E-state index contributed by atoms with van der Waals surface area (Å²) < 4.78 is 43.6. The lowest BCUT2D eigenvalue weighted by Gasteiger charge is -2.07. The van der Waals surface area contributed by atoms with Gasteiger partial charge >= 0.3 is 12.1 Å². The van der Waals surface area contributed by atoms with Crippen molar-refractivity contribution in [1.82, 2.24) is 30.2 Å². The van der Waals surface area contributed by atoms with E-state index in [-0.39, 0.29) is 30.1 Å². The molecule has 1 aromatic carbocycles. The number of hydrogen-bond donors (Lipinski definition) is 0. The highest BCUT2D eigenvalue weighted by molar-refractivity contribution is 5.90. The molecule has 2 heterocycles. The van der Waals surface area contributed by atoms with Crippen molar-refractivity contribution in [2.75, 3.05) is 6.61 Å². The first-order valence-electron chi connectivity index (χ1n) is 8.23.